The molecule has 2 heterocycles. The molecule has 0 unspecified atom stereocenters. The van der Waals surface area contributed by atoms with Crippen LogP contribution in [0.1, 0.15) is 5.56 Å². The molecular weight excluding hydrogens is 380 g/mol. The summed E-state index contributed by atoms with van der Waals surface area (Å²) in [4.78, 5) is 17.0. The van der Waals surface area contributed by atoms with Crippen molar-refractivity contribution >= 4 is 56.7 Å². The highest BCUT2D eigenvalue weighted by Gasteiger charge is 2.16. The maximum Gasteiger partial charge on any atom is 0.412 e. The second kappa shape index (κ2) is 8.11. The molecule has 2 aromatic heterocycles. The summed E-state index contributed by atoms with van der Waals surface area (Å²) in [6.45, 7) is 0. The summed E-state index contributed by atoms with van der Waals surface area (Å²) >= 11 is 8.75. The predicted molar refractivity (Wildman–Crippen MR) is 104 cm³/mol. The summed E-state index contributed by atoms with van der Waals surface area (Å²) in [7, 11) is 1.32. The zero-order valence-corrected chi connectivity index (χ0v) is 15.4. The molecule has 128 valence electrons. The minimum atomic E-state index is -0.546. The van der Waals surface area contributed by atoms with Crippen LogP contribution in [-0.2, 0) is 4.74 Å². The number of nitrogens with one attached hydrogen (secondary N) is 2. The molecule has 25 heavy (non-hydrogen) atoms. The van der Waals surface area contributed by atoms with Gasteiger partial charge < -0.3 is 4.74 Å². The first-order chi connectivity index (χ1) is 12.2. The van der Waals surface area contributed by atoms with Gasteiger partial charge in [0.2, 0.25) is 5.13 Å². The van der Waals surface area contributed by atoms with Gasteiger partial charge in [-0.05, 0) is 29.1 Å². The summed E-state index contributed by atoms with van der Waals surface area (Å²) in [6.07, 6.45) is 1.10. The number of ether oxygens (including phenoxy) is 1. The first kappa shape index (κ1) is 17.4. The highest BCUT2D eigenvalue weighted by atomic mass is 35.5. The maximum absolute atomic E-state index is 11.5. The largest absolute Gasteiger partial charge is 0.453 e. The number of rotatable bonds is 5. The molecule has 0 spiro atoms. The monoisotopic (exact) mass is 392 g/mol. The van der Waals surface area contributed by atoms with Crippen LogP contribution in [0.5, 0.6) is 0 Å². The Balaban J connectivity index is 1.79. The number of benzene rings is 1. The Morgan fingerprint density at radius 2 is 2.24 bits per heavy atom. The summed E-state index contributed by atoms with van der Waals surface area (Å²) in [5.74, 6) is 0. The van der Waals surface area contributed by atoms with E-state index < -0.39 is 6.09 Å². The standard InChI is InChI=1S/C16H13ClN4O2S2/c1-23-16(22)20-14-13(12-6-3-7-24-12)19-15(25-14)21-18-9-10-4-2-5-11(17)8-10/h2-9H,1H3,(H,19,21)(H,20,22). The smallest absolute Gasteiger partial charge is 0.412 e. The molecular formula is C16H13ClN4O2S2. The van der Waals surface area contributed by atoms with Crippen molar-refractivity contribution < 1.29 is 9.53 Å². The number of hydrazone groups is 1. The molecule has 1 aromatic carbocycles. The molecule has 0 saturated heterocycles. The fraction of sp³-hybridized carbons (Fsp3) is 0.0625. The van der Waals surface area contributed by atoms with E-state index >= 15 is 0 Å². The summed E-state index contributed by atoms with van der Waals surface area (Å²) in [5.41, 5.74) is 4.41. The van der Waals surface area contributed by atoms with Crippen LogP contribution in [-0.4, -0.2) is 24.4 Å². The number of thiazole rings is 1. The van der Waals surface area contributed by atoms with Crippen molar-refractivity contribution in [3.63, 3.8) is 0 Å². The van der Waals surface area contributed by atoms with E-state index in [0.717, 1.165) is 10.4 Å². The lowest BCUT2D eigenvalue weighted by atomic mass is 10.2. The Labute approximate surface area is 157 Å². The SMILES string of the molecule is COC(=O)Nc1sc(NN=Cc2cccc(Cl)c2)nc1-c1cccs1. The number of carbonyl (C=O) groups excluding carboxylic acids is 1. The van der Waals surface area contributed by atoms with Crippen LogP contribution < -0.4 is 10.7 Å². The Bertz CT molecular complexity index is 893. The number of thiophene rings is 1. The molecule has 1 amide bonds. The van der Waals surface area contributed by atoms with Gasteiger partial charge in [-0.15, -0.1) is 11.3 Å². The number of aromatic nitrogens is 1. The Hall–Kier alpha value is -2.42. The normalized spacial score (nSPS) is 10.8. The number of methoxy groups -OCH3 is 1. The van der Waals surface area contributed by atoms with Gasteiger partial charge in [0.15, 0.2) is 0 Å². The van der Waals surface area contributed by atoms with Gasteiger partial charge in [0.25, 0.3) is 0 Å². The Morgan fingerprint density at radius 3 is 2.96 bits per heavy atom. The number of hydrogen-bond acceptors (Lipinski definition) is 7. The van der Waals surface area contributed by atoms with Crippen LogP contribution in [0, 0.1) is 0 Å². The molecule has 0 atom stereocenters. The van der Waals surface area contributed by atoms with Gasteiger partial charge in [0.05, 0.1) is 18.2 Å². The average molecular weight is 393 g/mol. The van der Waals surface area contributed by atoms with Gasteiger partial charge in [-0.25, -0.2) is 9.78 Å². The van der Waals surface area contributed by atoms with E-state index in [9.17, 15) is 4.79 Å². The first-order valence-electron chi connectivity index (χ1n) is 7.10. The zero-order chi connectivity index (χ0) is 17.6. The van der Waals surface area contributed by atoms with Gasteiger partial charge in [0.1, 0.15) is 10.7 Å². The van der Waals surface area contributed by atoms with Crippen molar-refractivity contribution in [3.8, 4) is 10.6 Å². The average Bonchev–Trinajstić information content (AvgIpc) is 3.24. The molecule has 0 saturated carbocycles. The van der Waals surface area contributed by atoms with E-state index in [1.807, 2.05) is 29.6 Å². The van der Waals surface area contributed by atoms with Crippen LogP contribution in [0.25, 0.3) is 10.6 Å². The van der Waals surface area contributed by atoms with Gasteiger partial charge >= 0.3 is 6.09 Å². The second-order valence-corrected chi connectivity index (χ2v) is 7.10. The number of amides is 1. The van der Waals surface area contributed by atoms with Gasteiger partial charge in [-0.2, -0.15) is 5.10 Å². The molecule has 0 radical (unpaired) electrons. The third kappa shape index (κ3) is 4.56. The molecule has 0 aliphatic carbocycles. The molecule has 0 aliphatic rings. The Kier molecular flexibility index (Phi) is 5.64. The lowest BCUT2D eigenvalue weighted by molar-refractivity contribution is 0.187. The minimum absolute atomic E-state index is 0.546. The summed E-state index contributed by atoms with van der Waals surface area (Å²) in [6, 6.07) is 11.2. The van der Waals surface area contributed by atoms with Crippen molar-refractivity contribution in [2.45, 2.75) is 0 Å². The first-order valence-corrected chi connectivity index (χ1v) is 9.17. The van der Waals surface area contributed by atoms with Crippen LogP contribution in [0.15, 0.2) is 46.9 Å². The van der Waals surface area contributed by atoms with Crippen molar-refractivity contribution in [1.29, 1.82) is 0 Å². The van der Waals surface area contributed by atoms with E-state index in [4.69, 9.17) is 11.6 Å². The fourth-order valence-corrected chi connectivity index (χ4v) is 3.72. The molecule has 0 fully saturated rings. The number of carbonyl (C=O) groups is 1. The van der Waals surface area contributed by atoms with Crippen molar-refractivity contribution in [3.05, 3.63) is 52.4 Å². The van der Waals surface area contributed by atoms with Gasteiger partial charge in [0, 0.05) is 5.02 Å². The molecule has 0 aliphatic heterocycles. The van der Waals surface area contributed by atoms with E-state index in [0.29, 0.717) is 20.8 Å². The Morgan fingerprint density at radius 1 is 1.36 bits per heavy atom. The van der Waals surface area contributed by atoms with Gasteiger partial charge in [-0.3, -0.25) is 10.7 Å². The van der Waals surface area contributed by atoms with E-state index in [1.165, 1.54) is 29.8 Å². The van der Waals surface area contributed by atoms with Crippen molar-refractivity contribution in [2.75, 3.05) is 17.9 Å². The van der Waals surface area contributed by atoms with Crippen LogP contribution in [0.2, 0.25) is 5.02 Å². The highest BCUT2D eigenvalue weighted by Crippen LogP contribution is 2.38. The summed E-state index contributed by atoms with van der Waals surface area (Å²) in [5, 5.41) is 10.6. The highest BCUT2D eigenvalue weighted by molar-refractivity contribution is 7.21. The molecule has 3 aromatic rings. The lowest BCUT2D eigenvalue weighted by Crippen LogP contribution is -2.10. The quantitative estimate of drug-likeness (QED) is 0.465. The third-order valence-electron chi connectivity index (χ3n) is 3.01. The number of halogens is 1. The topological polar surface area (TPSA) is 75.6 Å². The molecule has 6 nitrogen and oxygen atoms in total. The number of nitrogens with zero attached hydrogens (tertiary/aromatic N) is 2. The van der Waals surface area contributed by atoms with Crippen molar-refractivity contribution in [1.82, 2.24) is 4.98 Å². The fourth-order valence-electron chi connectivity index (χ4n) is 1.93. The van der Waals surface area contributed by atoms with Crippen molar-refractivity contribution in [2.24, 2.45) is 5.10 Å². The summed E-state index contributed by atoms with van der Waals surface area (Å²) < 4.78 is 4.66. The van der Waals surface area contributed by atoms with E-state index in [1.54, 1.807) is 18.3 Å². The second-order valence-electron chi connectivity index (χ2n) is 4.72. The predicted octanol–water partition coefficient (Wildman–Crippen LogP) is 5.15. The van der Waals surface area contributed by atoms with Crippen LogP contribution >= 0.6 is 34.3 Å². The van der Waals surface area contributed by atoms with Crippen LogP contribution in [0.4, 0.5) is 14.9 Å². The molecule has 9 heteroatoms. The zero-order valence-electron chi connectivity index (χ0n) is 13.0. The lowest BCUT2D eigenvalue weighted by Gasteiger charge is -2.01. The van der Waals surface area contributed by atoms with Crippen LogP contribution in [0.3, 0.4) is 0 Å². The van der Waals surface area contributed by atoms with E-state index in [2.05, 4.69) is 25.6 Å². The van der Waals surface area contributed by atoms with E-state index in [-0.39, 0.29) is 0 Å². The van der Waals surface area contributed by atoms with Gasteiger partial charge in [-0.1, -0.05) is 41.1 Å². The minimum Gasteiger partial charge on any atom is -0.453 e. The molecule has 3 rings (SSSR count). The number of hydrogen-bond donors (Lipinski definition) is 2. The molecule has 0 bridgehead atoms. The number of anilines is 2. The maximum atomic E-state index is 11.5. The third-order valence-corrected chi connectivity index (χ3v) is 4.99. The molecule has 2 N–H and O–H groups in total.